The summed E-state index contributed by atoms with van der Waals surface area (Å²) in [5.74, 6) is 0.334. The van der Waals surface area contributed by atoms with Crippen LogP contribution in [-0.4, -0.2) is 19.7 Å². The zero-order chi connectivity index (χ0) is 15.6. The molecule has 0 bridgehead atoms. The first kappa shape index (κ1) is 13.6. The molecule has 0 amide bonds. The van der Waals surface area contributed by atoms with E-state index in [1.165, 1.54) is 6.07 Å². The summed E-state index contributed by atoms with van der Waals surface area (Å²) >= 11 is 0. The minimum Gasteiger partial charge on any atom is -0.260 e. The molecule has 0 aliphatic rings. The van der Waals surface area contributed by atoms with E-state index in [9.17, 15) is 4.39 Å². The number of rotatable bonds is 3. The first-order chi connectivity index (χ1) is 11.3. The van der Waals surface area contributed by atoms with Gasteiger partial charge in [0.15, 0.2) is 5.82 Å². The SMILES string of the molecule is Fc1ccccc1Cn1nc(-c2ncccn2)c2ccccc21. The molecule has 0 aliphatic heterocycles. The maximum absolute atomic E-state index is 13.9. The van der Waals surface area contributed by atoms with Gasteiger partial charge in [0.2, 0.25) is 0 Å². The molecule has 4 nitrogen and oxygen atoms in total. The van der Waals surface area contributed by atoms with Crippen LogP contribution in [0.4, 0.5) is 4.39 Å². The van der Waals surface area contributed by atoms with E-state index in [-0.39, 0.29) is 5.82 Å². The van der Waals surface area contributed by atoms with E-state index < -0.39 is 0 Å². The summed E-state index contributed by atoms with van der Waals surface area (Å²) in [4.78, 5) is 8.55. The standard InChI is InChI=1S/C18H13FN4/c19-15-8-3-1-6-13(15)12-23-16-9-4-2-7-14(16)17(22-23)18-20-10-5-11-21-18/h1-11H,12H2. The van der Waals surface area contributed by atoms with Crippen LogP contribution < -0.4 is 0 Å². The summed E-state index contributed by atoms with van der Waals surface area (Å²) in [5, 5.41) is 5.57. The number of para-hydroxylation sites is 1. The number of fused-ring (bicyclic) bond motifs is 1. The number of benzene rings is 2. The van der Waals surface area contributed by atoms with Gasteiger partial charge in [0.05, 0.1) is 12.1 Å². The first-order valence-corrected chi connectivity index (χ1v) is 7.29. The number of aromatic nitrogens is 4. The van der Waals surface area contributed by atoms with Crippen LogP contribution in [-0.2, 0) is 6.54 Å². The van der Waals surface area contributed by atoms with Crippen molar-refractivity contribution in [3.8, 4) is 11.5 Å². The van der Waals surface area contributed by atoms with E-state index >= 15 is 0 Å². The predicted octanol–water partition coefficient (Wildman–Crippen LogP) is 3.68. The van der Waals surface area contributed by atoms with E-state index in [0.717, 1.165) is 10.9 Å². The van der Waals surface area contributed by atoms with E-state index in [2.05, 4.69) is 15.1 Å². The Morgan fingerprint density at radius 1 is 0.870 bits per heavy atom. The number of nitrogens with zero attached hydrogens (tertiary/aromatic N) is 4. The molecule has 4 aromatic rings. The van der Waals surface area contributed by atoms with Crippen LogP contribution in [0.5, 0.6) is 0 Å². The fourth-order valence-corrected chi connectivity index (χ4v) is 2.62. The van der Waals surface area contributed by atoms with Gasteiger partial charge in [-0.1, -0.05) is 36.4 Å². The highest BCUT2D eigenvalue weighted by atomic mass is 19.1. The third kappa shape index (κ3) is 2.46. The van der Waals surface area contributed by atoms with Crippen molar-refractivity contribution in [2.75, 3.05) is 0 Å². The average molecular weight is 304 g/mol. The van der Waals surface area contributed by atoms with Crippen molar-refractivity contribution in [2.24, 2.45) is 0 Å². The van der Waals surface area contributed by atoms with E-state index in [1.54, 1.807) is 35.3 Å². The van der Waals surface area contributed by atoms with Crippen molar-refractivity contribution in [1.29, 1.82) is 0 Å². The molecule has 2 aromatic carbocycles. The third-order valence-corrected chi connectivity index (χ3v) is 3.71. The Bertz CT molecular complexity index is 963. The normalized spacial score (nSPS) is 11.0. The summed E-state index contributed by atoms with van der Waals surface area (Å²) in [6, 6.07) is 16.3. The fraction of sp³-hybridized carbons (Fsp3) is 0.0556. The van der Waals surface area contributed by atoms with Gasteiger partial charge in [0.1, 0.15) is 11.5 Å². The van der Waals surface area contributed by atoms with Crippen molar-refractivity contribution < 1.29 is 4.39 Å². The summed E-state index contributed by atoms with van der Waals surface area (Å²) < 4.78 is 15.7. The lowest BCUT2D eigenvalue weighted by molar-refractivity contribution is 0.590. The Kier molecular flexibility index (Phi) is 3.31. The van der Waals surface area contributed by atoms with E-state index in [0.29, 0.717) is 23.6 Å². The lowest BCUT2D eigenvalue weighted by Crippen LogP contribution is -2.03. The topological polar surface area (TPSA) is 43.6 Å². The van der Waals surface area contributed by atoms with Gasteiger partial charge >= 0.3 is 0 Å². The third-order valence-electron chi connectivity index (χ3n) is 3.71. The maximum Gasteiger partial charge on any atom is 0.180 e. The van der Waals surface area contributed by atoms with Crippen LogP contribution >= 0.6 is 0 Å². The molecule has 4 rings (SSSR count). The van der Waals surface area contributed by atoms with Crippen molar-refractivity contribution in [2.45, 2.75) is 6.54 Å². The molecule has 2 aromatic heterocycles. The monoisotopic (exact) mass is 304 g/mol. The Balaban J connectivity index is 1.87. The quantitative estimate of drug-likeness (QED) is 0.580. The van der Waals surface area contributed by atoms with Gasteiger partial charge in [-0.2, -0.15) is 5.10 Å². The summed E-state index contributed by atoms with van der Waals surface area (Å²) in [6.07, 6.45) is 3.37. The molecule has 0 spiro atoms. The second kappa shape index (κ2) is 5.61. The van der Waals surface area contributed by atoms with Crippen LogP contribution in [0.3, 0.4) is 0 Å². The Hall–Kier alpha value is -3.08. The molecule has 2 heterocycles. The Morgan fingerprint density at radius 2 is 1.61 bits per heavy atom. The molecule has 0 radical (unpaired) electrons. The molecule has 0 fully saturated rings. The van der Waals surface area contributed by atoms with E-state index in [4.69, 9.17) is 0 Å². The van der Waals surface area contributed by atoms with Crippen molar-refractivity contribution in [3.63, 3.8) is 0 Å². The van der Waals surface area contributed by atoms with Crippen molar-refractivity contribution >= 4 is 10.9 Å². The zero-order valence-electron chi connectivity index (χ0n) is 12.2. The van der Waals surface area contributed by atoms with Crippen LogP contribution in [0.15, 0.2) is 67.0 Å². The first-order valence-electron chi connectivity index (χ1n) is 7.29. The zero-order valence-corrected chi connectivity index (χ0v) is 12.2. The summed E-state index contributed by atoms with van der Waals surface area (Å²) in [5.41, 5.74) is 2.23. The fourth-order valence-electron chi connectivity index (χ4n) is 2.62. The predicted molar refractivity (Wildman–Crippen MR) is 86.3 cm³/mol. The minimum atomic E-state index is -0.232. The molecular formula is C18H13FN4. The summed E-state index contributed by atoms with van der Waals surface area (Å²) in [6.45, 7) is 0.361. The molecule has 0 saturated heterocycles. The Labute approximate surface area is 132 Å². The second-order valence-electron chi connectivity index (χ2n) is 5.19. The molecular weight excluding hydrogens is 291 g/mol. The maximum atomic E-state index is 13.9. The van der Waals surface area contributed by atoms with Gasteiger partial charge in [-0.15, -0.1) is 0 Å². The number of hydrogen-bond donors (Lipinski definition) is 0. The van der Waals surface area contributed by atoms with Gasteiger partial charge < -0.3 is 0 Å². The highest BCUT2D eigenvalue weighted by Crippen LogP contribution is 2.26. The number of hydrogen-bond acceptors (Lipinski definition) is 3. The van der Waals surface area contributed by atoms with Gasteiger partial charge in [0, 0.05) is 23.3 Å². The Morgan fingerprint density at radius 3 is 2.43 bits per heavy atom. The van der Waals surface area contributed by atoms with Crippen LogP contribution in [0.25, 0.3) is 22.4 Å². The molecule has 23 heavy (non-hydrogen) atoms. The number of halogens is 1. The average Bonchev–Trinajstić information content (AvgIpc) is 2.97. The lowest BCUT2D eigenvalue weighted by atomic mass is 10.2. The van der Waals surface area contributed by atoms with Gasteiger partial charge in [-0.25, -0.2) is 14.4 Å². The van der Waals surface area contributed by atoms with Crippen LogP contribution in [0.2, 0.25) is 0 Å². The van der Waals surface area contributed by atoms with Gasteiger partial charge in [-0.05, 0) is 18.2 Å². The molecule has 0 N–H and O–H groups in total. The molecule has 5 heteroatoms. The second-order valence-corrected chi connectivity index (χ2v) is 5.19. The molecule has 0 unspecified atom stereocenters. The highest BCUT2D eigenvalue weighted by molar-refractivity contribution is 5.91. The van der Waals surface area contributed by atoms with Crippen LogP contribution in [0.1, 0.15) is 5.56 Å². The highest BCUT2D eigenvalue weighted by Gasteiger charge is 2.14. The van der Waals surface area contributed by atoms with Crippen LogP contribution in [0, 0.1) is 5.82 Å². The molecule has 0 atom stereocenters. The van der Waals surface area contributed by atoms with Gasteiger partial charge in [0.25, 0.3) is 0 Å². The lowest BCUT2D eigenvalue weighted by Gasteiger charge is -2.04. The smallest absolute Gasteiger partial charge is 0.180 e. The summed E-state index contributed by atoms with van der Waals surface area (Å²) in [7, 11) is 0. The van der Waals surface area contributed by atoms with Crippen molar-refractivity contribution in [1.82, 2.24) is 19.7 Å². The van der Waals surface area contributed by atoms with E-state index in [1.807, 2.05) is 30.3 Å². The largest absolute Gasteiger partial charge is 0.260 e. The van der Waals surface area contributed by atoms with Crippen molar-refractivity contribution in [3.05, 3.63) is 78.4 Å². The van der Waals surface area contributed by atoms with Gasteiger partial charge in [-0.3, -0.25) is 4.68 Å². The minimum absolute atomic E-state index is 0.232. The molecule has 0 saturated carbocycles. The molecule has 0 aliphatic carbocycles. The molecule has 112 valence electrons.